The number of carbonyl (C=O) groups is 1. The molecule has 0 spiro atoms. The van der Waals surface area contributed by atoms with E-state index in [4.69, 9.17) is 0 Å². The van der Waals surface area contributed by atoms with E-state index in [1.54, 1.807) is 6.92 Å². The molecule has 0 unspecified atom stereocenters. The number of carbonyl (C=O) groups excluding carboxylic acids is 1. The van der Waals surface area contributed by atoms with Gasteiger partial charge in [0, 0.05) is 13.0 Å². The summed E-state index contributed by atoms with van der Waals surface area (Å²) < 4.78 is 0. The summed E-state index contributed by atoms with van der Waals surface area (Å²) in [5, 5.41) is 0. The van der Waals surface area contributed by atoms with Crippen LogP contribution in [0.15, 0.2) is 30.3 Å². The van der Waals surface area contributed by atoms with Gasteiger partial charge in [-0.3, -0.25) is 4.90 Å². The van der Waals surface area contributed by atoms with Crippen LogP contribution in [0, 0.1) is 0 Å². The van der Waals surface area contributed by atoms with Crippen LogP contribution in [0.25, 0.3) is 0 Å². The van der Waals surface area contributed by atoms with E-state index in [2.05, 4.69) is 42.2 Å². The summed E-state index contributed by atoms with van der Waals surface area (Å²) in [6, 6.07) is 10.7. The number of nitrogens with zero attached hydrogens (tertiary/aromatic N) is 1. The molecule has 0 saturated carbocycles. The maximum Gasteiger partial charge on any atom is 0.129 e. The van der Waals surface area contributed by atoms with Gasteiger partial charge in [0.25, 0.3) is 0 Å². The third-order valence-corrected chi connectivity index (χ3v) is 3.54. The van der Waals surface area contributed by atoms with Crippen LogP contribution in [0.3, 0.4) is 0 Å². The quantitative estimate of drug-likeness (QED) is 0.556. The molecule has 0 radical (unpaired) electrons. The predicted molar refractivity (Wildman–Crippen MR) is 85.8 cm³/mol. The Labute approximate surface area is 124 Å². The zero-order valence-electron chi connectivity index (χ0n) is 13.1. The molecule has 1 rings (SSSR count). The molecule has 0 bridgehead atoms. The van der Waals surface area contributed by atoms with Crippen molar-refractivity contribution in [2.75, 3.05) is 13.1 Å². The highest BCUT2D eigenvalue weighted by Crippen LogP contribution is 2.09. The minimum absolute atomic E-state index is 0.321. The van der Waals surface area contributed by atoms with Crippen molar-refractivity contribution in [2.24, 2.45) is 0 Å². The SMILES string of the molecule is CCCN(CCCCCCC(C)=O)Cc1ccccc1. The van der Waals surface area contributed by atoms with E-state index >= 15 is 0 Å². The second-order valence-electron chi connectivity index (χ2n) is 5.63. The summed E-state index contributed by atoms with van der Waals surface area (Å²) in [6.07, 6.45) is 6.68. The van der Waals surface area contributed by atoms with Gasteiger partial charge in [0.15, 0.2) is 0 Å². The lowest BCUT2D eigenvalue weighted by atomic mass is 10.1. The number of ketones is 1. The average molecular weight is 275 g/mol. The second kappa shape index (κ2) is 10.6. The Morgan fingerprint density at radius 3 is 2.35 bits per heavy atom. The van der Waals surface area contributed by atoms with Crippen LogP contribution in [0.1, 0.15) is 57.9 Å². The molecular weight excluding hydrogens is 246 g/mol. The zero-order chi connectivity index (χ0) is 14.6. The lowest BCUT2D eigenvalue weighted by molar-refractivity contribution is -0.117. The Morgan fingerprint density at radius 2 is 1.70 bits per heavy atom. The molecule has 0 amide bonds. The first kappa shape index (κ1) is 16.9. The van der Waals surface area contributed by atoms with Crippen molar-refractivity contribution in [2.45, 2.75) is 58.9 Å². The maximum atomic E-state index is 10.9. The Balaban J connectivity index is 2.20. The molecule has 1 aromatic carbocycles. The van der Waals surface area contributed by atoms with E-state index in [0.717, 1.165) is 19.4 Å². The molecule has 1 aromatic rings. The number of hydrogen-bond acceptors (Lipinski definition) is 2. The fourth-order valence-corrected chi connectivity index (χ4v) is 2.49. The van der Waals surface area contributed by atoms with E-state index < -0.39 is 0 Å². The summed E-state index contributed by atoms with van der Waals surface area (Å²) in [7, 11) is 0. The van der Waals surface area contributed by atoms with Crippen molar-refractivity contribution in [1.82, 2.24) is 4.90 Å². The molecule has 2 nitrogen and oxygen atoms in total. The summed E-state index contributed by atoms with van der Waals surface area (Å²) in [6.45, 7) is 7.32. The van der Waals surface area contributed by atoms with Gasteiger partial charge in [0.2, 0.25) is 0 Å². The molecule has 0 aliphatic rings. The van der Waals surface area contributed by atoms with Crippen LogP contribution in [0.2, 0.25) is 0 Å². The maximum absolute atomic E-state index is 10.9. The Hall–Kier alpha value is -1.15. The zero-order valence-corrected chi connectivity index (χ0v) is 13.1. The highest BCUT2D eigenvalue weighted by Gasteiger charge is 2.04. The monoisotopic (exact) mass is 275 g/mol. The summed E-state index contributed by atoms with van der Waals surface area (Å²) in [4.78, 5) is 13.4. The van der Waals surface area contributed by atoms with Crippen molar-refractivity contribution in [3.8, 4) is 0 Å². The van der Waals surface area contributed by atoms with Gasteiger partial charge in [-0.1, -0.05) is 50.1 Å². The van der Waals surface area contributed by atoms with Crippen molar-refractivity contribution in [1.29, 1.82) is 0 Å². The molecule has 0 atom stereocenters. The molecule has 20 heavy (non-hydrogen) atoms. The van der Waals surface area contributed by atoms with E-state index in [1.807, 2.05) is 0 Å². The van der Waals surface area contributed by atoms with Crippen molar-refractivity contribution >= 4 is 5.78 Å². The Morgan fingerprint density at radius 1 is 1.00 bits per heavy atom. The first-order valence-electron chi connectivity index (χ1n) is 7.98. The van der Waals surface area contributed by atoms with Crippen molar-refractivity contribution in [3.63, 3.8) is 0 Å². The summed E-state index contributed by atoms with van der Waals surface area (Å²) in [5.74, 6) is 0.321. The normalized spacial score (nSPS) is 10.9. The van der Waals surface area contributed by atoms with Crippen molar-refractivity contribution < 1.29 is 4.79 Å². The molecule has 0 fully saturated rings. The molecule has 0 aliphatic heterocycles. The topological polar surface area (TPSA) is 20.3 Å². The first-order valence-corrected chi connectivity index (χ1v) is 7.98. The molecule has 112 valence electrons. The van der Waals surface area contributed by atoms with Gasteiger partial charge in [-0.2, -0.15) is 0 Å². The van der Waals surface area contributed by atoms with Gasteiger partial charge in [-0.25, -0.2) is 0 Å². The highest BCUT2D eigenvalue weighted by molar-refractivity contribution is 5.75. The largest absolute Gasteiger partial charge is 0.300 e. The molecule has 0 aliphatic carbocycles. The van der Waals surface area contributed by atoms with E-state index in [1.165, 1.54) is 44.3 Å². The van der Waals surface area contributed by atoms with Crippen LogP contribution in [-0.4, -0.2) is 23.8 Å². The van der Waals surface area contributed by atoms with Crippen LogP contribution in [-0.2, 0) is 11.3 Å². The number of hydrogen-bond donors (Lipinski definition) is 0. The Bertz CT molecular complexity index is 361. The van der Waals surface area contributed by atoms with Gasteiger partial charge < -0.3 is 4.79 Å². The highest BCUT2D eigenvalue weighted by atomic mass is 16.1. The summed E-state index contributed by atoms with van der Waals surface area (Å²) in [5.41, 5.74) is 1.40. The van der Waals surface area contributed by atoms with Gasteiger partial charge in [-0.05, 0) is 44.8 Å². The van der Waals surface area contributed by atoms with Gasteiger partial charge in [-0.15, -0.1) is 0 Å². The Kier molecular flexibility index (Phi) is 8.97. The molecule has 0 saturated heterocycles. The average Bonchev–Trinajstić information content (AvgIpc) is 2.43. The minimum Gasteiger partial charge on any atom is -0.300 e. The van der Waals surface area contributed by atoms with Gasteiger partial charge >= 0.3 is 0 Å². The minimum atomic E-state index is 0.321. The van der Waals surface area contributed by atoms with Crippen LogP contribution in [0.4, 0.5) is 0 Å². The van der Waals surface area contributed by atoms with Crippen LogP contribution < -0.4 is 0 Å². The lowest BCUT2D eigenvalue weighted by Gasteiger charge is -2.21. The van der Waals surface area contributed by atoms with Gasteiger partial charge in [0.05, 0.1) is 0 Å². The van der Waals surface area contributed by atoms with Crippen molar-refractivity contribution in [3.05, 3.63) is 35.9 Å². The number of unbranched alkanes of at least 4 members (excludes halogenated alkanes) is 3. The van der Waals surface area contributed by atoms with Gasteiger partial charge in [0.1, 0.15) is 5.78 Å². The fraction of sp³-hybridized carbons (Fsp3) is 0.611. The summed E-state index contributed by atoms with van der Waals surface area (Å²) >= 11 is 0. The standard InChI is InChI=1S/C18H29NO/c1-3-14-19(16-18-12-8-6-9-13-18)15-10-5-4-7-11-17(2)20/h6,8-9,12-13H,3-5,7,10-11,14-16H2,1-2H3. The second-order valence-corrected chi connectivity index (χ2v) is 5.63. The molecular formula is C18H29NO. The number of benzene rings is 1. The van der Waals surface area contributed by atoms with Crippen LogP contribution >= 0.6 is 0 Å². The predicted octanol–water partition coefficient (Wildman–Crippen LogP) is 4.44. The number of rotatable bonds is 11. The van der Waals surface area contributed by atoms with E-state index in [-0.39, 0.29) is 0 Å². The lowest BCUT2D eigenvalue weighted by Crippen LogP contribution is -2.25. The molecule has 0 heterocycles. The molecule has 0 N–H and O–H groups in total. The molecule has 2 heteroatoms. The smallest absolute Gasteiger partial charge is 0.129 e. The third kappa shape index (κ3) is 8.11. The number of Topliss-reactive ketones (excluding diaryl/α,β-unsaturated/α-hetero) is 1. The van der Waals surface area contributed by atoms with Crippen LogP contribution in [0.5, 0.6) is 0 Å². The van der Waals surface area contributed by atoms with E-state index in [0.29, 0.717) is 5.78 Å². The van der Waals surface area contributed by atoms with E-state index in [9.17, 15) is 4.79 Å². The molecule has 0 aromatic heterocycles. The first-order chi connectivity index (χ1) is 9.72. The third-order valence-electron chi connectivity index (χ3n) is 3.54. The fourth-order valence-electron chi connectivity index (χ4n) is 2.49.